The number of ether oxygens (including phenoxy) is 1. The van der Waals surface area contributed by atoms with Gasteiger partial charge in [-0.05, 0) is 18.1 Å². The highest BCUT2D eigenvalue weighted by atomic mass is 16.5. The van der Waals surface area contributed by atoms with E-state index >= 15 is 0 Å². The van der Waals surface area contributed by atoms with Crippen LogP contribution in [0.25, 0.3) is 0 Å². The number of nitrogens with zero attached hydrogens (tertiary/aromatic N) is 2. The van der Waals surface area contributed by atoms with Gasteiger partial charge in [-0.3, -0.25) is 5.32 Å². The molecule has 0 aliphatic carbocycles. The first-order valence-electron chi connectivity index (χ1n) is 4.91. The van der Waals surface area contributed by atoms with Gasteiger partial charge in [-0.25, -0.2) is 9.78 Å². The lowest BCUT2D eigenvalue weighted by Crippen LogP contribution is -2.17. The number of pyridine rings is 1. The molecule has 5 nitrogen and oxygen atoms in total. The summed E-state index contributed by atoms with van der Waals surface area (Å²) in [6.07, 6.45) is 0.851. The standard InChI is InChI=1S/C11H13N3O2/c1-8(2)7-16-11(15)14-10-4-3-9(5-12)6-13-10/h3-4,6,8H,7H2,1-2H3,(H,13,14,15). The number of amides is 1. The zero-order chi connectivity index (χ0) is 12.0. The van der Waals surface area contributed by atoms with Crippen LogP contribution in [0.1, 0.15) is 19.4 Å². The van der Waals surface area contributed by atoms with E-state index in [-0.39, 0.29) is 0 Å². The summed E-state index contributed by atoms with van der Waals surface area (Å²) < 4.78 is 4.91. The van der Waals surface area contributed by atoms with Gasteiger partial charge in [0.2, 0.25) is 0 Å². The predicted octanol–water partition coefficient (Wildman–Crippen LogP) is 2.16. The van der Waals surface area contributed by atoms with Gasteiger partial charge in [0.1, 0.15) is 11.9 Å². The molecular formula is C11H13N3O2. The van der Waals surface area contributed by atoms with Crippen LogP contribution >= 0.6 is 0 Å². The molecule has 1 N–H and O–H groups in total. The minimum atomic E-state index is -0.536. The van der Waals surface area contributed by atoms with E-state index in [1.54, 1.807) is 12.1 Å². The Bertz CT molecular complexity index is 393. The second kappa shape index (κ2) is 5.71. The maximum atomic E-state index is 11.2. The molecule has 1 aromatic heterocycles. The molecule has 1 amide bonds. The van der Waals surface area contributed by atoms with E-state index in [0.717, 1.165) is 0 Å². The Kier molecular flexibility index (Phi) is 4.28. The monoisotopic (exact) mass is 219 g/mol. The molecule has 0 unspecified atom stereocenters. The molecule has 1 aromatic rings. The number of hydrogen-bond donors (Lipinski definition) is 1. The van der Waals surface area contributed by atoms with Gasteiger partial charge < -0.3 is 4.74 Å². The van der Waals surface area contributed by atoms with Crippen molar-refractivity contribution in [3.8, 4) is 6.07 Å². The number of nitriles is 1. The van der Waals surface area contributed by atoms with E-state index in [1.807, 2.05) is 19.9 Å². The summed E-state index contributed by atoms with van der Waals surface area (Å²) >= 11 is 0. The van der Waals surface area contributed by atoms with Crippen LogP contribution in [0.3, 0.4) is 0 Å². The third kappa shape index (κ3) is 3.96. The van der Waals surface area contributed by atoms with Crippen molar-refractivity contribution >= 4 is 11.9 Å². The molecule has 5 heteroatoms. The Hall–Kier alpha value is -2.09. The van der Waals surface area contributed by atoms with Crippen molar-refractivity contribution in [1.82, 2.24) is 4.98 Å². The van der Waals surface area contributed by atoms with Crippen LogP contribution in [0.2, 0.25) is 0 Å². The van der Waals surface area contributed by atoms with Crippen LogP contribution in [0, 0.1) is 17.2 Å². The zero-order valence-electron chi connectivity index (χ0n) is 9.23. The van der Waals surface area contributed by atoms with Gasteiger partial charge in [-0.15, -0.1) is 0 Å². The highest BCUT2D eigenvalue weighted by molar-refractivity contribution is 5.83. The fraction of sp³-hybridized carbons (Fsp3) is 0.364. The van der Waals surface area contributed by atoms with E-state index < -0.39 is 6.09 Å². The van der Waals surface area contributed by atoms with Crippen LogP contribution in [0.15, 0.2) is 18.3 Å². The normalized spacial score (nSPS) is 9.62. The molecule has 0 bridgehead atoms. The fourth-order valence-electron chi connectivity index (χ4n) is 0.917. The molecule has 1 heterocycles. The second-order valence-corrected chi connectivity index (χ2v) is 3.66. The molecule has 0 spiro atoms. The summed E-state index contributed by atoms with van der Waals surface area (Å²) in [4.78, 5) is 15.1. The molecule has 1 rings (SSSR count). The first kappa shape index (κ1) is 12.0. The summed E-state index contributed by atoms with van der Waals surface area (Å²) in [5, 5.41) is 11.0. The SMILES string of the molecule is CC(C)COC(=O)Nc1ccc(C#N)cn1. The lowest BCUT2D eigenvalue weighted by Gasteiger charge is -2.07. The van der Waals surface area contributed by atoms with E-state index in [2.05, 4.69) is 10.3 Å². The Balaban J connectivity index is 2.47. The topological polar surface area (TPSA) is 75.0 Å². The molecular weight excluding hydrogens is 206 g/mol. The number of aromatic nitrogens is 1. The van der Waals surface area contributed by atoms with Crippen molar-refractivity contribution < 1.29 is 9.53 Å². The highest BCUT2D eigenvalue weighted by Crippen LogP contribution is 2.04. The smallest absolute Gasteiger partial charge is 0.412 e. The summed E-state index contributed by atoms with van der Waals surface area (Å²) in [6.45, 7) is 4.27. The highest BCUT2D eigenvalue weighted by Gasteiger charge is 2.05. The number of rotatable bonds is 3. The van der Waals surface area contributed by atoms with Gasteiger partial charge >= 0.3 is 6.09 Å². The van der Waals surface area contributed by atoms with Crippen molar-refractivity contribution in [2.45, 2.75) is 13.8 Å². The van der Waals surface area contributed by atoms with Crippen LogP contribution in [0.4, 0.5) is 10.6 Å². The maximum Gasteiger partial charge on any atom is 0.412 e. The van der Waals surface area contributed by atoms with Crippen molar-refractivity contribution in [3.05, 3.63) is 23.9 Å². The Labute approximate surface area is 94.1 Å². The van der Waals surface area contributed by atoms with E-state index in [9.17, 15) is 4.79 Å². The lowest BCUT2D eigenvalue weighted by molar-refractivity contribution is 0.147. The third-order valence-corrected chi connectivity index (χ3v) is 1.67. The second-order valence-electron chi connectivity index (χ2n) is 3.66. The number of hydrogen-bond acceptors (Lipinski definition) is 4. The predicted molar refractivity (Wildman–Crippen MR) is 58.8 cm³/mol. The van der Waals surface area contributed by atoms with Gasteiger partial charge in [-0.1, -0.05) is 13.8 Å². The van der Waals surface area contributed by atoms with Crippen LogP contribution < -0.4 is 5.32 Å². The summed E-state index contributed by atoms with van der Waals surface area (Å²) in [5.74, 6) is 0.660. The van der Waals surface area contributed by atoms with Gasteiger partial charge in [0, 0.05) is 6.20 Å². The first-order valence-corrected chi connectivity index (χ1v) is 4.91. The van der Waals surface area contributed by atoms with Gasteiger partial charge in [0.05, 0.1) is 12.2 Å². The maximum absolute atomic E-state index is 11.2. The minimum Gasteiger partial charge on any atom is -0.449 e. The molecule has 0 atom stereocenters. The summed E-state index contributed by atoms with van der Waals surface area (Å²) in [5.41, 5.74) is 0.445. The lowest BCUT2D eigenvalue weighted by atomic mass is 10.2. The Morgan fingerprint density at radius 2 is 2.38 bits per heavy atom. The molecule has 16 heavy (non-hydrogen) atoms. The fourth-order valence-corrected chi connectivity index (χ4v) is 0.917. The number of nitrogens with one attached hydrogen (secondary N) is 1. The zero-order valence-corrected chi connectivity index (χ0v) is 9.23. The average Bonchev–Trinajstić information content (AvgIpc) is 2.27. The number of anilines is 1. The summed E-state index contributed by atoms with van der Waals surface area (Å²) in [6, 6.07) is 5.07. The minimum absolute atomic E-state index is 0.291. The largest absolute Gasteiger partial charge is 0.449 e. The third-order valence-electron chi connectivity index (χ3n) is 1.67. The molecule has 0 aliphatic rings. The molecule has 0 fully saturated rings. The van der Waals surface area contributed by atoms with Crippen LogP contribution in [0.5, 0.6) is 0 Å². The van der Waals surface area contributed by atoms with Crippen LogP contribution in [-0.2, 0) is 4.74 Å². The Morgan fingerprint density at radius 3 is 2.88 bits per heavy atom. The number of carbonyl (C=O) groups excluding carboxylic acids is 1. The van der Waals surface area contributed by atoms with Gasteiger partial charge in [0.25, 0.3) is 0 Å². The van der Waals surface area contributed by atoms with Crippen molar-refractivity contribution in [1.29, 1.82) is 5.26 Å². The molecule has 84 valence electrons. The van der Waals surface area contributed by atoms with Crippen molar-refractivity contribution in [2.75, 3.05) is 11.9 Å². The first-order chi connectivity index (χ1) is 7.61. The van der Waals surface area contributed by atoms with E-state index in [1.165, 1.54) is 6.20 Å². The Morgan fingerprint density at radius 1 is 1.62 bits per heavy atom. The van der Waals surface area contributed by atoms with E-state index in [0.29, 0.717) is 23.9 Å². The molecule has 0 aromatic carbocycles. The molecule has 0 aliphatic heterocycles. The number of carbonyl (C=O) groups is 1. The van der Waals surface area contributed by atoms with Crippen molar-refractivity contribution in [3.63, 3.8) is 0 Å². The van der Waals surface area contributed by atoms with Gasteiger partial charge in [0.15, 0.2) is 0 Å². The average molecular weight is 219 g/mol. The molecule has 0 saturated heterocycles. The quantitative estimate of drug-likeness (QED) is 0.845. The van der Waals surface area contributed by atoms with Crippen molar-refractivity contribution in [2.24, 2.45) is 5.92 Å². The summed E-state index contributed by atoms with van der Waals surface area (Å²) in [7, 11) is 0. The van der Waals surface area contributed by atoms with E-state index in [4.69, 9.17) is 10.00 Å². The van der Waals surface area contributed by atoms with Crippen LogP contribution in [-0.4, -0.2) is 17.7 Å². The molecule has 0 saturated carbocycles. The molecule has 0 radical (unpaired) electrons. The van der Waals surface area contributed by atoms with Gasteiger partial charge in [-0.2, -0.15) is 5.26 Å².